The first-order valence-electron chi connectivity index (χ1n) is 5.17. The van der Waals surface area contributed by atoms with Crippen molar-refractivity contribution >= 4 is 17.3 Å². The topological polar surface area (TPSA) is 52.3 Å². The number of aryl methyl sites for hydroxylation is 1. The lowest BCUT2D eigenvalue weighted by Crippen LogP contribution is -2.34. The molecule has 0 aliphatic carbocycles. The van der Waals surface area contributed by atoms with Gasteiger partial charge in [0.2, 0.25) is 0 Å². The van der Waals surface area contributed by atoms with E-state index in [0.717, 1.165) is 11.3 Å². The Morgan fingerprint density at radius 3 is 2.67 bits per heavy atom. The van der Waals surface area contributed by atoms with Gasteiger partial charge in [0, 0.05) is 16.2 Å². The van der Waals surface area contributed by atoms with E-state index in [0.29, 0.717) is 13.0 Å². The summed E-state index contributed by atoms with van der Waals surface area (Å²) in [5.74, 6) is -0.316. The maximum Gasteiger partial charge on any atom is 0.323 e. The van der Waals surface area contributed by atoms with E-state index in [1.165, 1.54) is 4.88 Å². The Balaban J connectivity index is 2.50. The van der Waals surface area contributed by atoms with Crippen LogP contribution in [0, 0.1) is 0 Å². The average Bonchev–Trinajstić information content (AvgIpc) is 2.66. The molecule has 1 heterocycles. The molecule has 2 N–H and O–H groups in total. The fourth-order valence-corrected chi connectivity index (χ4v) is 2.29. The molecule has 0 aliphatic rings. The molecule has 0 spiro atoms. The molecule has 84 valence electrons. The summed E-state index contributed by atoms with van der Waals surface area (Å²) in [6.45, 7) is 4.28. The maximum absolute atomic E-state index is 11.3. The smallest absolute Gasteiger partial charge is 0.323 e. The molecule has 4 heteroatoms. The summed E-state index contributed by atoms with van der Waals surface area (Å²) in [5.41, 5.74) is 5.72. The van der Waals surface area contributed by atoms with Crippen LogP contribution < -0.4 is 5.73 Å². The molecule has 0 bridgehead atoms. The van der Waals surface area contributed by atoms with E-state index in [2.05, 4.69) is 13.0 Å². The monoisotopic (exact) mass is 227 g/mol. The molecular weight excluding hydrogens is 210 g/mol. The van der Waals surface area contributed by atoms with E-state index in [-0.39, 0.29) is 5.97 Å². The molecule has 1 aromatic rings. The predicted molar refractivity (Wildman–Crippen MR) is 62.0 cm³/mol. The van der Waals surface area contributed by atoms with Gasteiger partial charge in [-0.25, -0.2) is 0 Å². The Bertz CT molecular complexity index is 322. The van der Waals surface area contributed by atoms with Crippen LogP contribution in [0.5, 0.6) is 0 Å². The van der Waals surface area contributed by atoms with Crippen molar-refractivity contribution in [2.24, 2.45) is 5.73 Å². The lowest BCUT2D eigenvalue weighted by Gasteiger charge is -2.08. The van der Waals surface area contributed by atoms with Gasteiger partial charge < -0.3 is 10.5 Å². The molecule has 0 saturated heterocycles. The van der Waals surface area contributed by atoms with Crippen LogP contribution in [-0.4, -0.2) is 18.6 Å². The fraction of sp³-hybridized carbons (Fsp3) is 0.545. The lowest BCUT2D eigenvalue weighted by molar-refractivity contribution is -0.144. The van der Waals surface area contributed by atoms with Gasteiger partial charge in [0.05, 0.1) is 6.61 Å². The van der Waals surface area contributed by atoms with Crippen molar-refractivity contribution in [3.05, 3.63) is 21.9 Å². The number of ether oxygens (including phenoxy) is 1. The third-order valence-corrected chi connectivity index (χ3v) is 3.33. The Morgan fingerprint density at radius 2 is 2.13 bits per heavy atom. The minimum atomic E-state index is -0.534. The van der Waals surface area contributed by atoms with Gasteiger partial charge in [0.1, 0.15) is 6.04 Å². The fourth-order valence-electron chi connectivity index (χ4n) is 1.27. The highest BCUT2D eigenvalue weighted by molar-refractivity contribution is 7.12. The summed E-state index contributed by atoms with van der Waals surface area (Å²) in [5, 5.41) is 0. The summed E-state index contributed by atoms with van der Waals surface area (Å²) in [4.78, 5) is 13.7. The first-order valence-corrected chi connectivity index (χ1v) is 5.98. The van der Waals surface area contributed by atoms with E-state index in [4.69, 9.17) is 10.5 Å². The third kappa shape index (κ3) is 3.64. The Hall–Kier alpha value is -0.870. The first kappa shape index (κ1) is 12.2. The number of hydrogen-bond acceptors (Lipinski definition) is 4. The summed E-state index contributed by atoms with van der Waals surface area (Å²) in [6, 6.07) is 3.58. The van der Waals surface area contributed by atoms with Crippen LogP contribution >= 0.6 is 11.3 Å². The minimum absolute atomic E-state index is 0.316. The van der Waals surface area contributed by atoms with Gasteiger partial charge in [0.25, 0.3) is 0 Å². The number of carbonyl (C=O) groups is 1. The van der Waals surface area contributed by atoms with Crippen molar-refractivity contribution in [1.29, 1.82) is 0 Å². The van der Waals surface area contributed by atoms with E-state index in [9.17, 15) is 4.79 Å². The van der Waals surface area contributed by atoms with Crippen molar-refractivity contribution < 1.29 is 9.53 Å². The van der Waals surface area contributed by atoms with Gasteiger partial charge in [0.15, 0.2) is 0 Å². The number of carbonyl (C=O) groups excluding carboxylic acids is 1. The van der Waals surface area contributed by atoms with Crippen LogP contribution in [0.4, 0.5) is 0 Å². The molecule has 1 atom stereocenters. The number of hydrogen-bond donors (Lipinski definition) is 1. The maximum atomic E-state index is 11.3. The Labute approximate surface area is 94.2 Å². The zero-order chi connectivity index (χ0) is 11.3. The van der Waals surface area contributed by atoms with Crippen molar-refractivity contribution in [3.8, 4) is 0 Å². The zero-order valence-corrected chi connectivity index (χ0v) is 9.97. The molecule has 15 heavy (non-hydrogen) atoms. The number of nitrogens with two attached hydrogens (primary N) is 1. The van der Waals surface area contributed by atoms with Gasteiger partial charge in [-0.2, -0.15) is 0 Å². The van der Waals surface area contributed by atoms with E-state index < -0.39 is 6.04 Å². The molecule has 0 unspecified atom stereocenters. The van der Waals surface area contributed by atoms with Gasteiger partial charge >= 0.3 is 5.97 Å². The van der Waals surface area contributed by atoms with Crippen LogP contribution in [0.25, 0.3) is 0 Å². The molecule has 0 aromatic carbocycles. The van der Waals surface area contributed by atoms with E-state index in [1.807, 2.05) is 6.07 Å². The van der Waals surface area contributed by atoms with Crippen molar-refractivity contribution in [2.75, 3.05) is 6.61 Å². The minimum Gasteiger partial charge on any atom is -0.465 e. The van der Waals surface area contributed by atoms with Crippen molar-refractivity contribution in [3.63, 3.8) is 0 Å². The molecule has 0 radical (unpaired) electrons. The first-order chi connectivity index (χ1) is 7.17. The Kier molecular flexibility index (Phi) is 4.78. The average molecular weight is 227 g/mol. The quantitative estimate of drug-likeness (QED) is 0.780. The predicted octanol–water partition coefficient (Wildman–Crippen LogP) is 1.74. The second kappa shape index (κ2) is 5.88. The molecule has 0 amide bonds. The Morgan fingerprint density at radius 1 is 1.47 bits per heavy atom. The number of esters is 1. The summed E-state index contributed by atoms with van der Waals surface area (Å²) >= 11 is 1.71. The highest BCUT2D eigenvalue weighted by atomic mass is 32.1. The lowest BCUT2D eigenvalue weighted by atomic mass is 10.2. The molecule has 0 saturated carbocycles. The third-order valence-electron chi connectivity index (χ3n) is 2.08. The second-order valence-electron chi connectivity index (χ2n) is 3.28. The van der Waals surface area contributed by atoms with Gasteiger partial charge in [-0.3, -0.25) is 4.79 Å². The van der Waals surface area contributed by atoms with Crippen LogP contribution in [-0.2, 0) is 22.4 Å². The largest absolute Gasteiger partial charge is 0.465 e. The molecule has 1 rings (SSSR count). The standard InChI is InChI=1S/C11H17NO2S/c1-3-8-5-6-9(15-8)7-10(12)11(13)14-4-2/h5-6,10H,3-4,7,12H2,1-2H3/t10-/m1/s1. The van der Waals surface area contributed by atoms with Crippen LogP contribution in [0.15, 0.2) is 12.1 Å². The molecule has 0 aliphatic heterocycles. The number of rotatable bonds is 5. The summed E-state index contributed by atoms with van der Waals surface area (Å²) in [6.07, 6.45) is 1.60. The SMILES string of the molecule is CCOC(=O)[C@H](N)Cc1ccc(CC)s1. The van der Waals surface area contributed by atoms with E-state index in [1.54, 1.807) is 18.3 Å². The summed E-state index contributed by atoms with van der Waals surface area (Å²) in [7, 11) is 0. The normalized spacial score (nSPS) is 12.5. The zero-order valence-electron chi connectivity index (χ0n) is 9.16. The molecule has 0 fully saturated rings. The molecular formula is C11H17NO2S. The second-order valence-corrected chi connectivity index (χ2v) is 4.54. The van der Waals surface area contributed by atoms with Crippen molar-refractivity contribution in [1.82, 2.24) is 0 Å². The van der Waals surface area contributed by atoms with Gasteiger partial charge in [-0.1, -0.05) is 6.92 Å². The highest BCUT2D eigenvalue weighted by Gasteiger charge is 2.15. The molecule has 3 nitrogen and oxygen atoms in total. The van der Waals surface area contributed by atoms with Crippen LogP contribution in [0.1, 0.15) is 23.6 Å². The number of thiophene rings is 1. The van der Waals surface area contributed by atoms with E-state index >= 15 is 0 Å². The van der Waals surface area contributed by atoms with Crippen molar-refractivity contribution in [2.45, 2.75) is 32.7 Å². The van der Waals surface area contributed by atoms with Crippen LogP contribution in [0.2, 0.25) is 0 Å². The van der Waals surface area contributed by atoms with Gasteiger partial charge in [-0.15, -0.1) is 11.3 Å². The summed E-state index contributed by atoms with van der Waals surface area (Å²) < 4.78 is 4.85. The van der Waals surface area contributed by atoms with Gasteiger partial charge in [-0.05, 0) is 25.5 Å². The highest BCUT2D eigenvalue weighted by Crippen LogP contribution is 2.18. The van der Waals surface area contributed by atoms with Crippen LogP contribution in [0.3, 0.4) is 0 Å². The molecule has 1 aromatic heterocycles.